The number of aromatic nitrogens is 3. The van der Waals surface area contributed by atoms with Crippen molar-refractivity contribution in [2.75, 3.05) is 0 Å². The summed E-state index contributed by atoms with van der Waals surface area (Å²) < 4.78 is 2.01. The minimum atomic E-state index is 0.840. The second-order valence-corrected chi connectivity index (χ2v) is 12.7. The first kappa shape index (κ1) is 27.5. The van der Waals surface area contributed by atoms with E-state index in [0.717, 1.165) is 16.9 Å². The van der Waals surface area contributed by atoms with E-state index in [2.05, 4.69) is 163 Å². The highest BCUT2D eigenvalue weighted by atomic mass is 15.0. The van der Waals surface area contributed by atoms with E-state index >= 15 is 0 Å². The van der Waals surface area contributed by atoms with Crippen molar-refractivity contribution in [3.63, 3.8) is 0 Å². The quantitative estimate of drug-likeness (QED) is 0.183. The fourth-order valence-corrected chi connectivity index (χ4v) is 7.48. The predicted molar refractivity (Wildman–Crippen MR) is 205 cm³/mol. The zero-order valence-corrected chi connectivity index (χ0v) is 26.6. The predicted octanol–water partition coefficient (Wildman–Crippen LogP) is 12.0. The Hall–Kier alpha value is -6.58. The average Bonchev–Trinajstić information content (AvgIpc) is 3.61. The summed E-state index contributed by atoms with van der Waals surface area (Å²) in [5, 5.41) is 9.98. The first-order chi connectivity index (χ1) is 24.3. The minimum Gasteiger partial charge on any atom is -0.304 e. The molecule has 3 nitrogen and oxygen atoms in total. The number of hydrogen-bond acceptors (Lipinski definition) is 2. The number of fused-ring (bicyclic) bond motifs is 5. The van der Waals surface area contributed by atoms with Crippen molar-refractivity contribution < 1.29 is 0 Å². The van der Waals surface area contributed by atoms with Gasteiger partial charge in [0.05, 0.1) is 11.9 Å². The molecule has 0 spiro atoms. The second-order valence-electron chi connectivity index (χ2n) is 12.7. The van der Waals surface area contributed by atoms with E-state index in [0.29, 0.717) is 0 Å². The SMILES string of the molecule is c1ccc2cc(-c3c4ccccc4c(-c4ccc5ccccc5c4)c4cc(-c5ccc(-c6cn7ccncc7n6)cc5)ccc34)ccc2c1. The van der Waals surface area contributed by atoms with Gasteiger partial charge in [0.25, 0.3) is 0 Å². The summed E-state index contributed by atoms with van der Waals surface area (Å²) in [6.45, 7) is 0. The number of hydrogen-bond donors (Lipinski definition) is 0. The van der Waals surface area contributed by atoms with Gasteiger partial charge in [-0.25, -0.2) is 4.98 Å². The summed E-state index contributed by atoms with van der Waals surface area (Å²) in [5.74, 6) is 0. The van der Waals surface area contributed by atoms with E-state index in [9.17, 15) is 0 Å². The topological polar surface area (TPSA) is 30.2 Å². The van der Waals surface area contributed by atoms with Gasteiger partial charge in [0.15, 0.2) is 5.65 Å². The Morgan fingerprint density at radius 1 is 0.408 bits per heavy atom. The summed E-state index contributed by atoms with van der Waals surface area (Å²) >= 11 is 0. The third kappa shape index (κ3) is 4.59. The molecule has 0 atom stereocenters. The van der Waals surface area contributed by atoms with Gasteiger partial charge in [0, 0.05) is 24.2 Å². The van der Waals surface area contributed by atoms with Crippen LogP contribution in [0.3, 0.4) is 0 Å². The van der Waals surface area contributed by atoms with Crippen LogP contribution in [0, 0.1) is 0 Å². The Bertz CT molecular complexity index is 2850. The molecule has 10 aromatic rings. The highest BCUT2D eigenvalue weighted by molar-refractivity contribution is 6.22. The summed E-state index contributed by atoms with van der Waals surface area (Å²) in [7, 11) is 0. The molecule has 0 saturated heterocycles. The van der Waals surface area contributed by atoms with Crippen LogP contribution in [0.5, 0.6) is 0 Å². The molecule has 10 rings (SSSR count). The van der Waals surface area contributed by atoms with Crippen LogP contribution in [0.1, 0.15) is 0 Å². The van der Waals surface area contributed by atoms with Gasteiger partial charge >= 0.3 is 0 Å². The van der Waals surface area contributed by atoms with Gasteiger partial charge in [-0.3, -0.25) is 4.98 Å². The molecule has 0 aliphatic heterocycles. The first-order valence-corrected chi connectivity index (χ1v) is 16.6. The van der Waals surface area contributed by atoms with Gasteiger partial charge in [-0.1, -0.05) is 133 Å². The Labute approximate surface area is 283 Å². The van der Waals surface area contributed by atoms with Crippen LogP contribution in [0.25, 0.3) is 93.4 Å². The molecule has 0 aliphatic rings. The van der Waals surface area contributed by atoms with E-state index in [-0.39, 0.29) is 0 Å². The maximum Gasteiger partial charge on any atom is 0.155 e. The van der Waals surface area contributed by atoms with E-state index in [4.69, 9.17) is 4.98 Å². The average molecular weight is 624 g/mol. The molecular formula is C46H29N3. The fourth-order valence-electron chi connectivity index (χ4n) is 7.48. The molecule has 2 heterocycles. The maximum absolute atomic E-state index is 4.78. The molecule has 3 heteroatoms. The van der Waals surface area contributed by atoms with Crippen LogP contribution in [-0.2, 0) is 0 Å². The van der Waals surface area contributed by atoms with Gasteiger partial charge in [-0.15, -0.1) is 0 Å². The Morgan fingerprint density at radius 2 is 0.939 bits per heavy atom. The Kier molecular flexibility index (Phi) is 6.18. The second kappa shape index (κ2) is 11.0. The van der Waals surface area contributed by atoms with Crippen molar-refractivity contribution in [2.24, 2.45) is 0 Å². The van der Waals surface area contributed by atoms with E-state index < -0.39 is 0 Å². The summed E-state index contributed by atoms with van der Waals surface area (Å²) in [5.41, 5.74) is 10.2. The van der Waals surface area contributed by atoms with Crippen LogP contribution in [0.15, 0.2) is 176 Å². The fraction of sp³-hybridized carbons (Fsp3) is 0. The lowest BCUT2D eigenvalue weighted by Gasteiger charge is -2.19. The van der Waals surface area contributed by atoms with Crippen LogP contribution in [0.2, 0.25) is 0 Å². The molecule has 0 N–H and O–H groups in total. The maximum atomic E-state index is 4.78. The Morgan fingerprint density at radius 3 is 1.59 bits per heavy atom. The molecule has 0 fully saturated rings. The highest BCUT2D eigenvalue weighted by Gasteiger charge is 2.18. The van der Waals surface area contributed by atoms with E-state index in [1.807, 2.05) is 10.6 Å². The molecule has 0 amide bonds. The molecule has 0 saturated carbocycles. The summed E-state index contributed by atoms with van der Waals surface area (Å²) in [6, 6.07) is 55.6. The molecule has 0 bridgehead atoms. The lowest BCUT2D eigenvalue weighted by atomic mass is 9.84. The van der Waals surface area contributed by atoms with Crippen LogP contribution >= 0.6 is 0 Å². The van der Waals surface area contributed by atoms with Crippen LogP contribution in [0.4, 0.5) is 0 Å². The van der Waals surface area contributed by atoms with Crippen LogP contribution < -0.4 is 0 Å². The largest absolute Gasteiger partial charge is 0.304 e. The number of benzene rings is 8. The molecule has 0 unspecified atom stereocenters. The standard InChI is InChI=1S/C46H29N3/c1-3-9-34-25-37(19-15-30(34)7-1)45-39-11-5-6-12-40(39)46(38-20-16-31-8-2-4-10-35(31)26-38)42-27-36(21-22-41(42)45)32-13-17-33(18-14-32)43-29-49-24-23-47-28-44(49)48-43/h1-29H. The summed E-state index contributed by atoms with van der Waals surface area (Å²) in [4.78, 5) is 9.00. The van der Waals surface area contributed by atoms with Crippen molar-refractivity contribution in [1.29, 1.82) is 0 Å². The zero-order valence-electron chi connectivity index (χ0n) is 26.6. The normalized spacial score (nSPS) is 11.7. The van der Waals surface area contributed by atoms with Crippen molar-refractivity contribution >= 4 is 48.7 Å². The molecular weight excluding hydrogens is 595 g/mol. The minimum absolute atomic E-state index is 0.840. The van der Waals surface area contributed by atoms with Crippen molar-refractivity contribution in [2.45, 2.75) is 0 Å². The van der Waals surface area contributed by atoms with Gasteiger partial charge in [-0.2, -0.15) is 0 Å². The van der Waals surface area contributed by atoms with Gasteiger partial charge in [-0.05, 0) is 94.7 Å². The van der Waals surface area contributed by atoms with Gasteiger partial charge < -0.3 is 4.40 Å². The van der Waals surface area contributed by atoms with Gasteiger partial charge in [0.1, 0.15) is 0 Å². The molecule has 0 aliphatic carbocycles. The molecule has 49 heavy (non-hydrogen) atoms. The molecule has 2 aromatic heterocycles. The first-order valence-electron chi connectivity index (χ1n) is 16.6. The monoisotopic (exact) mass is 623 g/mol. The third-order valence-corrected chi connectivity index (χ3v) is 9.88. The Balaban J connectivity index is 1.21. The zero-order chi connectivity index (χ0) is 32.3. The van der Waals surface area contributed by atoms with Crippen LogP contribution in [-0.4, -0.2) is 14.4 Å². The molecule has 0 radical (unpaired) electrons. The van der Waals surface area contributed by atoms with Crippen molar-refractivity contribution in [3.8, 4) is 44.6 Å². The smallest absolute Gasteiger partial charge is 0.155 e. The molecule has 228 valence electrons. The lowest BCUT2D eigenvalue weighted by molar-refractivity contribution is 1.13. The number of imidazole rings is 1. The van der Waals surface area contributed by atoms with E-state index in [1.54, 1.807) is 12.4 Å². The highest BCUT2D eigenvalue weighted by Crippen LogP contribution is 2.45. The number of rotatable bonds is 4. The van der Waals surface area contributed by atoms with E-state index in [1.165, 1.54) is 76.5 Å². The molecule has 8 aromatic carbocycles. The lowest BCUT2D eigenvalue weighted by Crippen LogP contribution is -1.92. The summed E-state index contributed by atoms with van der Waals surface area (Å²) in [6.07, 6.45) is 7.55. The van der Waals surface area contributed by atoms with Gasteiger partial charge in [0.2, 0.25) is 0 Å². The van der Waals surface area contributed by atoms with Crippen molar-refractivity contribution in [1.82, 2.24) is 14.4 Å². The number of nitrogens with zero attached hydrogens (tertiary/aromatic N) is 3. The van der Waals surface area contributed by atoms with Crippen molar-refractivity contribution in [3.05, 3.63) is 176 Å². The third-order valence-electron chi connectivity index (χ3n) is 9.88.